The molecule has 1 N–H and O–H groups in total. The molecule has 0 spiro atoms. The zero-order valence-corrected chi connectivity index (χ0v) is 10.3. The third-order valence-electron chi connectivity index (χ3n) is 3.14. The smallest absolute Gasteiger partial charge is 0.260 e. The minimum Gasteiger partial charge on any atom is -0.453 e. The SMILES string of the molecule is O=c1[nH]c(-c2cc3ccccc3o2)nc2ncccc12. The molecular weight excluding hydrogens is 254 g/mol. The minimum atomic E-state index is -0.224. The third-order valence-corrected chi connectivity index (χ3v) is 3.14. The van der Waals surface area contributed by atoms with Crippen LogP contribution < -0.4 is 5.56 Å². The summed E-state index contributed by atoms with van der Waals surface area (Å²) < 4.78 is 5.70. The van der Waals surface area contributed by atoms with Gasteiger partial charge in [0.2, 0.25) is 0 Å². The summed E-state index contributed by atoms with van der Waals surface area (Å²) in [6.45, 7) is 0. The maximum Gasteiger partial charge on any atom is 0.260 e. The zero-order chi connectivity index (χ0) is 13.5. The summed E-state index contributed by atoms with van der Waals surface area (Å²) in [6, 6.07) is 12.9. The van der Waals surface area contributed by atoms with Crippen LogP contribution in [0.1, 0.15) is 0 Å². The van der Waals surface area contributed by atoms with Crippen LogP contribution in [0.2, 0.25) is 0 Å². The van der Waals surface area contributed by atoms with E-state index in [0.29, 0.717) is 22.6 Å². The van der Waals surface area contributed by atoms with Crippen molar-refractivity contribution in [2.24, 2.45) is 0 Å². The number of aromatic nitrogens is 3. The van der Waals surface area contributed by atoms with Crippen molar-refractivity contribution >= 4 is 22.0 Å². The largest absolute Gasteiger partial charge is 0.453 e. The van der Waals surface area contributed by atoms with E-state index in [-0.39, 0.29) is 5.56 Å². The Hall–Kier alpha value is -2.95. The summed E-state index contributed by atoms with van der Waals surface area (Å²) in [5.41, 5.74) is 0.941. The first-order chi connectivity index (χ1) is 9.81. The predicted molar refractivity (Wildman–Crippen MR) is 75.4 cm³/mol. The standard InChI is InChI=1S/C15H9N3O2/c19-15-10-5-3-7-16-13(10)17-14(18-15)12-8-9-4-1-2-6-11(9)20-12/h1-8H,(H,16,17,18,19). The van der Waals surface area contributed by atoms with Gasteiger partial charge in [0.1, 0.15) is 5.58 Å². The van der Waals surface area contributed by atoms with Gasteiger partial charge in [0, 0.05) is 11.6 Å². The lowest BCUT2D eigenvalue weighted by molar-refractivity contribution is 0.625. The van der Waals surface area contributed by atoms with Crippen molar-refractivity contribution in [1.29, 1.82) is 0 Å². The highest BCUT2D eigenvalue weighted by atomic mass is 16.3. The second kappa shape index (κ2) is 4.03. The summed E-state index contributed by atoms with van der Waals surface area (Å²) in [7, 11) is 0. The van der Waals surface area contributed by atoms with Crippen molar-refractivity contribution in [2.75, 3.05) is 0 Å². The van der Waals surface area contributed by atoms with Gasteiger partial charge in [-0.3, -0.25) is 4.79 Å². The maximum atomic E-state index is 12.0. The molecule has 96 valence electrons. The molecular formula is C15H9N3O2. The molecule has 4 aromatic rings. The Labute approximate surface area is 112 Å². The average Bonchev–Trinajstić information content (AvgIpc) is 2.91. The van der Waals surface area contributed by atoms with Crippen LogP contribution in [0.15, 0.2) is 57.9 Å². The molecule has 0 amide bonds. The van der Waals surface area contributed by atoms with Crippen LogP contribution in [0.3, 0.4) is 0 Å². The number of H-pyrrole nitrogens is 1. The topological polar surface area (TPSA) is 71.8 Å². The summed E-state index contributed by atoms with van der Waals surface area (Å²) >= 11 is 0. The van der Waals surface area contributed by atoms with E-state index in [1.165, 1.54) is 0 Å². The normalized spacial score (nSPS) is 11.2. The third kappa shape index (κ3) is 1.60. The Balaban J connectivity index is 1.99. The van der Waals surface area contributed by atoms with E-state index in [1.54, 1.807) is 18.3 Å². The molecule has 0 bridgehead atoms. The first kappa shape index (κ1) is 10.9. The molecule has 0 saturated carbocycles. The molecule has 0 saturated heterocycles. The Morgan fingerprint density at radius 1 is 1.10 bits per heavy atom. The van der Waals surface area contributed by atoms with E-state index in [4.69, 9.17) is 4.42 Å². The molecule has 5 heteroatoms. The van der Waals surface area contributed by atoms with E-state index in [9.17, 15) is 4.79 Å². The summed E-state index contributed by atoms with van der Waals surface area (Å²) in [4.78, 5) is 23.2. The summed E-state index contributed by atoms with van der Waals surface area (Å²) in [5.74, 6) is 0.910. The van der Waals surface area contributed by atoms with Crippen molar-refractivity contribution in [3.63, 3.8) is 0 Å². The second-order valence-electron chi connectivity index (χ2n) is 4.44. The van der Waals surface area contributed by atoms with E-state index >= 15 is 0 Å². The second-order valence-corrected chi connectivity index (χ2v) is 4.44. The van der Waals surface area contributed by atoms with Crippen molar-refractivity contribution in [3.8, 4) is 11.6 Å². The molecule has 20 heavy (non-hydrogen) atoms. The van der Waals surface area contributed by atoms with Crippen molar-refractivity contribution in [2.45, 2.75) is 0 Å². The van der Waals surface area contributed by atoms with Crippen molar-refractivity contribution in [3.05, 3.63) is 59.0 Å². The molecule has 5 nitrogen and oxygen atoms in total. The van der Waals surface area contributed by atoms with Crippen molar-refractivity contribution < 1.29 is 4.42 Å². The quantitative estimate of drug-likeness (QED) is 0.573. The van der Waals surface area contributed by atoms with Gasteiger partial charge in [-0.1, -0.05) is 18.2 Å². The van der Waals surface area contributed by atoms with Gasteiger partial charge in [-0.05, 0) is 24.3 Å². The van der Waals surface area contributed by atoms with Gasteiger partial charge >= 0.3 is 0 Å². The molecule has 0 atom stereocenters. The maximum absolute atomic E-state index is 12.0. The van der Waals surface area contributed by atoms with Gasteiger partial charge in [-0.25, -0.2) is 9.97 Å². The molecule has 4 rings (SSSR count). The Bertz CT molecular complexity index is 952. The number of para-hydroxylation sites is 1. The number of hydrogen-bond donors (Lipinski definition) is 1. The summed E-state index contributed by atoms with van der Waals surface area (Å²) in [5, 5.41) is 1.43. The van der Waals surface area contributed by atoms with E-state index in [2.05, 4.69) is 15.0 Å². The number of pyridine rings is 1. The Morgan fingerprint density at radius 3 is 2.90 bits per heavy atom. The number of nitrogens with zero attached hydrogens (tertiary/aromatic N) is 2. The van der Waals surface area contributed by atoms with Crippen LogP contribution in [0.25, 0.3) is 33.6 Å². The highest BCUT2D eigenvalue weighted by molar-refractivity contribution is 5.82. The van der Waals surface area contributed by atoms with E-state index in [0.717, 1.165) is 11.0 Å². The van der Waals surface area contributed by atoms with Crippen LogP contribution >= 0.6 is 0 Å². The lowest BCUT2D eigenvalue weighted by atomic mass is 10.2. The van der Waals surface area contributed by atoms with Gasteiger partial charge in [0.25, 0.3) is 5.56 Å². The number of benzene rings is 1. The highest BCUT2D eigenvalue weighted by Gasteiger charge is 2.10. The Morgan fingerprint density at radius 2 is 2.00 bits per heavy atom. The predicted octanol–water partition coefficient (Wildman–Crippen LogP) is 2.73. The number of aromatic amines is 1. The first-order valence-corrected chi connectivity index (χ1v) is 6.15. The molecule has 0 unspecified atom stereocenters. The molecule has 3 aromatic heterocycles. The highest BCUT2D eigenvalue weighted by Crippen LogP contribution is 2.25. The fraction of sp³-hybridized carbons (Fsp3) is 0. The molecule has 0 radical (unpaired) electrons. The molecule has 0 aliphatic rings. The number of fused-ring (bicyclic) bond motifs is 2. The average molecular weight is 263 g/mol. The number of rotatable bonds is 1. The van der Waals surface area contributed by atoms with Gasteiger partial charge in [-0.15, -0.1) is 0 Å². The van der Waals surface area contributed by atoms with E-state index < -0.39 is 0 Å². The Kier molecular flexibility index (Phi) is 2.20. The van der Waals surface area contributed by atoms with Gasteiger partial charge in [0.15, 0.2) is 17.2 Å². The number of hydrogen-bond acceptors (Lipinski definition) is 4. The fourth-order valence-corrected chi connectivity index (χ4v) is 2.19. The lowest BCUT2D eigenvalue weighted by Gasteiger charge is -1.98. The van der Waals surface area contributed by atoms with Gasteiger partial charge < -0.3 is 9.40 Å². The monoisotopic (exact) mass is 263 g/mol. The lowest BCUT2D eigenvalue weighted by Crippen LogP contribution is -2.09. The summed E-state index contributed by atoms with van der Waals surface area (Å²) in [6.07, 6.45) is 1.61. The molecule has 0 fully saturated rings. The number of nitrogens with one attached hydrogen (secondary N) is 1. The minimum absolute atomic E-state index is 0.224. The fourth-order valence-electron chi connectivity index (χ4n) is 2.19. The molecule has 0 aliphatic carbocycles. The van der Waals surface area contributed by atoms with Crippen LogP contribution in [0.5, 0.6) is 0 Å². The van der Waals surface area contributed by atoms with Crippen molar-refractivity contribution in [1.82, 2.24) is 15.0 Å². The molecule has 0 aliphatic heterocycles. The van der Waals surface area contributed by atoms with Gasteiger partial charge in [-0.2, -0.15) is 0 Å². The first-order valence-electron chi connectivity index (χ1n) is 6.15. The van der Waals surface area contributed by atoms with Crippen LogP contribution in [-0.4, -0.2) is 15.0 Å². The molecule has 1 aromatic carbocycles. The molecule has 3 heterocycles. The van der Waals surface area contributed by atoms with Crippen LogP contribution in [0.4, 0.5) is 0 Å². The van der Waals surface area contributed by atoms with Gasteiger partial charge in [0.05, 0.1) is 5.39 Å². The number of furan rings is 1. The van der Waals surface area contributed by atoms with E-state index in [1.807, 2.05) is 30.3 Å². The zero-order valence-electron chi connectivity index (χ0n) is 10.3. The van der Waals surface area contributed by atoms with Crippen LogP contribution in [0, 0.1) is 0 Å². The van der Waals surface area contributed by atoms with Crippen LogP contribution in [-0.2, 0) is 0 Å².